The Hall–Kier alpha value is -0.290. The number of nitrogens with one attached hydrogen (secondary N) is 1. The highest BCUT2D eigenvalue weighted by atomic mass is 35.5. The lowest BCUT2D eigenvalue weighted by atomic mass is 10.1. The molecule has 18 heavy (non-hydrogen) atoms. The van der Waals surface area contributed by atoms with Crippen molar-refractivity contribution in [1.29, 1.82) is 0 Å². The van der Waals surface area contributed by atoms with Crippen molar-refractivity contribution in [2.75, 3.05) is 20.1 Å². The number of likely N-dealkylation sites (tertiary alicyclic amines) is 1. The fourth-order valence-corrected chi connectivity index (χ4v) is 3.33. The van der Waals surface area contributed by atoms with Crippen molar-refractivity contribution < 1.29 is 4.79 Å². The third-order valence-corrected chi connectivity index (χ3v) is 4.97. The van der Waals surface area contributed by atoms with E-state index in [-0.39, 0.29) is 18.3 Å². The van der Waals surface area contributed by atoms with Gasteiger partial charge in [0.15, 0.2) is 0 Å². The van der Waals surface area contributed by atoms with Crippen molar-refractivity contribution in [2.24, 2.45) is 0 Å². The third-order valence-electron chi connectivity index (χ3n) is 3.28. The fraction of sp³-hybridized carbons (Fsp3) is 0.583. The molecule has 1 N–H and O–H groups in total. The fourth-order valence-electron chi connectivity index (χ4n) is 2.09. The predicted molar refractivity (Wildman–Crippen MR) is 79.3 cm³/mol. The predicted octanol–water partition coefficient (Wildman–Crippen LogP) is 2.96. The van der Waals surface area contributed by atoms with E-state index in [9.17, 15) is 4.79 Å². The summed E-state index contributed by atoms with van der Waals surface area (Å²) in [5.74, 6) is 0.0858. The van der Waals surface area contributed by atoms with Crippen molar-refractivity contribution in [3.05, 3.63) is 20.8 Å². The Morgan fingerprint density at radius 1 is 1.50 bits per heavy atom. The molecule has 1 aromatic heterocycles. The van der Waals surface area contributed by atoms with E-state index in [1.54, 1.807) is 0 Å². The van der Waals surface area contributed by atoms with Crippen LogP contribution in [-0.2, 0) is 0 Å². The summed E-state index contributed by atoms with van der Waals surface area (Å²) in [5.41, 5.74) is 0.991. The second-order valence-corrected chi connectivity index (χ2v) is 5.67. The van der Waals surface area contributed by atoms with Gasteiger partial charge in [0.05, 0.1) is 5.02 Å². The minimum atomic E-state index is 0. The molecule has 102 valence electrons. The largest absolute Gasteiger partial charge is 0.338 e. The normalized spacial score (nSPS) is 16.5. The molecule has 0 spiro atoms. The van der Waals surface area contributed by atoms with Crippen LogP contribution < -0.4 is 5.32 Å². The van der Waals surface area contributed by atoms with Crippen molar-refractivity contribution in [3.8, 4) is 0 Å². The SMILES string of the molecule is CNC1CCN(C(=O)c2scc(C)c2Cl)CC1.Cl. The Morgan fingerprint density at radius 3 is 2.56 bits per heavy atom. The molecular formula is C12H18Cl2N2OS. The summed E-state index contributed by atoms with van der Waals surface area (Å²) in [7, 11) is 1.97. The molecule has 0 bridgehead atoms. The maximum Gasteiger partial charge on any atom is 0.265 e. The quantitative estimate of drug-likeness (QED) is 0.911. The summed E-state index contributed by atoms with van der Waals surface area (Å²) >= 11 is 7.58. The van der Waals surface area contributed by atoms with Gasteiger partial charge in [0.1, 0.15) is 4.88 Å². The molecule has 3 nitrogen and oxygen atoms in total. The number of carbonyl (C=O) groups is 1. The first-order valence-corrected chi connectivity index (χ1v) is 7.09. The van der Waals surface area contributed by atoms with Gasteiger partial charge in [0.2, 0.25) is 0 Å². The highest BCUT2D eigenvalue weighted by Crippen LogP contribution is 2.29. The Bertz CT molecular complexity index is 414. The van der Waals surface area contributed by atoms with E-state index in [0.717, 1.165) is 31.5 Å². The van der Waals surface area contributed by atoms with Crippen molar-refractivity contribution >= 4 is 41.3 Å². The zero-order chi connectivity index (χ0) is 12.4. The number of piperidine rings is 1. The topological polar surface area (TPSA) is 32.3 Å². The molecule has 1 aromatic rings. The number of hydrogen-bond acceptors (Lipinski definition) is 3. The maximum atomic E-state index is 12.3. The number of aryl methyl sites for hydroxylation is 1. The van der Waals surface area contributed by atoms with Gasteiger partial charge in [-0.15, -0.1) is 23.7 Å². The first-order valence-electron chi connectivity index (χ1n) is 5.83. The summed E-state index contributed by atoms with van der Waals surface area (Å²) in [6.07, 6.45) is 2.04. The van der Waals surface area contributed by atoms with Crippen LogP contribution in [-0.4, -0.2) is 37.0 Å². The highest BCUT2D eigenvalue weighted by Gasteiger charge is 2.25. The summed E-state index contributed by atoms with van der Waals surface area (Å²) in [5, 5.41) is 5.82. The van der Waals surface area contributed by atoms with Crippen LogP contribution in [0, 0.1) is 6.92 Å². The van der Waals surface area contributed by atoms with Gasteiger partial charge in [-0.1, -0.05) is 11.6 Å². The lowest BCUT2D eigenvalue weighted by Gasteiger charge is -2.31. The molecule has 0 atom stereocenters. The second kappa shape index (κ2) is 6.75. The molecule has 0 aliphatic carbocycles. The third kappa shape index (κ3) is 3.18. The van der Waals surface area contributed by atoms with Crippen LogP contribution in [0.2, 0.25) is 5.02 Å². The zero-order valence-corrected chi connectivity index (χ0v) is 12.9. The van der Waals surface area contributed by atoms with E-state index < -0.39 is 0 Å². The summed E-state index contributed by atoms with van der Waals surface area (Å²) in [6.45, 7) is 3.57. The highest BCUT2D eigenvalue weighted by molar-refractivity contribution is 7.13. The average molecular weight is 309 g/mol. The molecule has 1 aliphatic rings. The molecular weight excluding hydrogens is 291 g/mol. The second-order valence-electron chi connectivity index (χ2n) is 4.42. The molecule has 2 rings (SSSR count). The van der Waals surface area contributed by atoms with Gasteiger partial charge >= 0.3 is 0 Å². The molecule has 2 heterocycles. The van der Waals surface area contributed by atoms with Crippen LogP contribution >= 0.6 is 35.3 Å². The molecule has 0 unspecified atom stereocenters. The van der Waals surface area contributed by atoms with E-state index in [1.165, 1.54) is 11.3 Å². The van der Waals surface area contributed by atoms with E-state index >= 15 is 0 Å². The summed E-state index contributed by atoms with van der Waals surface area (Å²) in [6, 6.07) is 0.541. The smallest absolute Gasteiger partial charge is 0.265 e. The van der Waals surface area contributed by atoms with Crippen LogP contribution in [0.25, 0.3) is 0 Å². The van der Waals surface area contributed by atoms with Gasteiger partial charge in [0, 0.05) is 19.1 Å². The van der Waals surface area contributed by atoms with Crippen molar-refractivity contribution in [2.45, 2.75) is 25.8 Å². The zero-order valence-electron chi connectivity index (χ0n) is 10.5. The molecule has 6 heteroatoms. The number of thiophene rings is 1. The van der Waals surface area contributed by atoms with Gasteiger partial charge in [-0.05, 0) is 37.8 Å². The van der Waals surface area contributed by atoms with Gasteiger partial charge in [-0.3, -0.25) is 4.79 Å². The van der Waals surface area contributed by atoms with Crippen LogP contribution in [0.4, 0.5) is 0 Å². The number of carbonyl (C=O) groups excluding carboxylic acids is 1. The Morgan fingerprint density at radius 2 is 2.11 bits per heavy atom. The Balaban J connectivity index is 0.00000162. The van der Waals surface area contributed by atoms with Crippen LogP contribution in [0.5, 0.6) is 0 Å². The number of hydrogen-bond donors (Lipinski definition) is 1. The monoisotopic (exact) mass is 308 g/mol. The molecule has 1 aliphatic heterocycles. The van der Waals surface area contributed by atoms with E-state index in [2.05, 4.69) is 5.32 Å². The molecule has 1 amide bonds. The van der Waals surface area contributed by atoms with Gasteiger partial charge in [-0.2, -0.15) is 0 Å². The first kappa shape index (κ1) is 15.8. The molecule has 0 saturated carbocycles. The van der Waals surface area contributed by atoms with Gasteiger partial charge in [0.25, 0.3) is 5.91 Å². The Labute approximate surface area is 123 Å². The summed E-state index contributed by atoms with van der Waals surface area (Å²) < 4.78 is 0. The molecule has 0 radical (unpaired) electrons. The lowest BCUT2D eigenvalue weighted by Crippen LogP contribution is -2.43. The van der Waals surface area contributed by atoms with Gasteiger partial charge < -0.3 is 10.2 Å². The number of halogens is 2. The van der Waals surface area contributed by atoms with Gasteiger partial charge in [-0.25, -0.2) is 0 Å². The van der Waals surface area contributed by atoms with Crippen LogP contribution in [0.3, 0.4) is 0 Å². The van der Waals surface area contributed by atoms with Crippen LogP contribution in [0.15, 0.2) is 5.38 Å². The van der Waals surface area contributed by atoms with E-state index in [0.29, 0.717) is 15.9 Å². The maximum absolute atomic E-state index is 12.3. The molecule has 1 fully saturated rings. The Kier molecular flexibility index (Phi) is 5.92. The van der Waals surface area contributed by atoms with Crippen molar-refractivity contribution in [3.63, 3.8) is 0 Å². The lowest BCUT2D eigenvalue weighted by molar-refractivity contribution is 0.0712. The number of nitrogens with zero attached hydrogens (tertiary/aromatic N) is 1. The minimum absolute atomic E-state index is 0. The van der Waals surface area contributed by atoms with Crippen LogP contribution in [0.1, 0.15) is 28.1 Å². The molecule has 0 aromatic carbocycles. The molecule has 1 saturated heterocycles. The van der Waals surface area contributed by atoms with E-state index in [4.69, 9.17) is 11.6 Å². The average Bonchev–Trinajstić information content (AvgIpc) is 2.69. The van der Waals surface area contributed by atoms with E-state index in [1.807, 2.05) is 24.3 Å². The summed E-state index contributed by atoms with van der Waals surface area (Å²) in [4.78, 5) is 14.9. The standard InChI is InChI=1S/C12H17ClN2OS.ClH/c1-8-7-17-11(10(8)13)12(16)15-5-3-9(14-2)4-6-15;/h7,9,14H,3-6H2,1-2H3;1H. The first-order chi connectivity index (χ1) is 8.13. The van der Waals surface area contributed by atoms with Crippen molar-refractivity contribution in [1.82, 2.24) is 10.2 Å². The minimum Gasteiger partial charge on any atom is -0.338 e. The number of amides is 1. The number of rotatable bonds is 2.